The highest BCUT2D eigenvalue weighted by atomic mass is 127. The summed E-state index contributed by atoms with van der Waals surface area (Å²) in [6.07, 6.45) is 0. The Morgan fingerprint density at radius 2 is 1.90 bits per heavy atom. The Morgan fingerprint density at radius 3 is 2.50 bits per heavy atom. The van der Waals surface area contributed by atoms with Crippen molar-refractivity contribution in [2.75, 3.05) is 0 Å². The molecule has 0 N–H and O–H groups in total. The molecule has 2 aromatic carbocycles. The van der Waals surface area contributed by atoms with Gasteiger partial charge in [-0.05, 0) is 37.8 Å². The van der Waals surface area contributed by atoms with Crippen molar-refractivity contribution in [3.63, 3.8) is 0 Å². The van der Waals surface area contributed by atoms with Gasteiger partial charge in [0.25, 0.3) is 0 Å². The summed E-state index contributed by atoms with van der Waals surface area (Å²) in [5, 5.41) is 0. The molecule has 0 aliphatic carbocycles. The molecule has 0 aliphatic rings. The topological polar surface area (TPSA) is 26.3 Å². The predicted octanol–water partition coefficient (Wildman–Crippen LogP) is 5.33. The fourth-order valence-corrected chi connectivity index (χ4v) is 3.39. The van der Waals surface area contributed by atoms with Crippen molar-refractivity contribution in [1.29, 1.82) is 1.28 Å². The first-order valence-corrected chi connectivity index (χ1v) is 11.4. The van der Waals surface area contributed by atoms with E-state index in [0.717, 1.165) is 5.56 Å². The largest absolute Gasteiger partial charge is 0.421 e. The zero-order chi connectivity index (χ0) is 15.2. The summed E-state index contributed by atoms with van der Waals surface area (Å²) in [5.41, 5.74) is 1.56. The number of rotatable bonds is 5. The first kappa shape index (κ1) is 14.7. The molecular weight excluding hydrogens is 470 g/mol. The van der Waals surface area contributed by atoms with Crippen LogP contribution in [0.15, 0.2) is 54.6 Å². The summed E-state index contributed by atoms with van der Waals surface area (Å²) in [6.45, 7) is 0. The van der Waals surface area contributed by atoms with E-state index in [4.69, 9.17) is 5.46 Å². The molecule has 2 aromatic rings. The number of carbonyl (C=O) groups excluding carboxylic acids is 1. The van der Waals surface area contributed by atoms with Gasteiger partial charge < -0.3 is 4.18 Å². The summed E-state index contributed by atoms with van der Waals surface area (Å²) in [6, 6.07) is 16.6. The van der Waals surface area contributed by atoms with Crippen molar-refractivity contribution in [3.8, 4) is 5.75 Å². The quantitative estimate of drug-likeness (QED) is 0.249. The van der Waals surface area contributed by atoms with Crippen LogP contribution in [0.5, 0.6) is 5.75 Å². The number of Topliss-reactive ketones (excluding diaryl/α,β-unsaturated/α-hetero) is 1. The Labute approximate surface area is 144 Å². The molecule has 20 heavy (non-hydrogen) atoms. The molecule has 2 atom stereocenters. The average Bonchev–Trinajstić information content (AvgIpc) is 2.55. The van der Waals surface area contributed by atoms with Crippen LogP contribution < -0.4 is 4.18 Å². The molecular formula is C14H11BrIO2PS. The van der Waals surface area contributed by atoms with Crippen molar-refractivity contribution < 1.29 is 8.98 Å². The van der Waals surface area contributed by atoms with Gasteiger partial charge in [0, 0.05) is 26.8 Å². The zero-order valence-corrected chi connectivity index (χ0v) is 15.7. The second kappa shape index (κ2) is 7.69. The number of carbonyl (C=O) groups is 1. The number of benzene rings is 2. The summed E-state index contributed by atoms with van der Waals surface area (Å²) in [7, 11) is -0.0217. The van der Waals surface area contributed by atoms with Crippen LogP contribution in [0.2, 0.25) is 0 Å². The van der Waals surface area contributed by atoms with Crippen LogP contribution in [-0.2, 0) is 7.53 Å². The molecule has 0 saturated carbocycles. The highest BCUT2D eigenvalue weighted by Gasteiger charge is 2.18. The van der Waals surface area contributed by atoms with Crippen molar-refractivity contribution in [1.82, 2.24) is 0 Å². The first-order chi connectivity index (χ1) is 10.1. The minimum Gasteiger partial charge on any atom is -0.421 e. The number of hydrogen-bond acceptors (Lipinski definition) is 2. The highest BCUT2D eigenvalue weighted by Crippen LogP contribution is 2.27. The molecule has 0 spiro atoms. The molecule has 0 radical (unpaired) electrons. The van der Waals surface area contributed by atoms with Crippen molar-refractivity contribution >= 4 is 58.4 Å². The third-order valence-corrected chi connectivity index (χ3v) is 4.66. The van der Waals surface area contributed by atoms with E-state index in [9.17, 15) is 4.79 Å². The maximum atomic E-state index is 12.4. The second-order valence-corrected chi connectivity index (χ2v) is 10.9. The lowest BCUT2D eigenvalue weighted by atomic mass is 10.0. The fourth-order valence-electron chi connectivity index (χ4n) is 1.67. The van der Waals surface area contributed by atoms with Gasteiger partial charge in [0.2, 0.25) is 0 Å². The Kier molecular flexibility index (Phi) is 5.65. The SMILES string of the molecule is [3H]P=S(I)Oc1ccc(C(=O)C(Br)c2ccccc2)cc1. The molecule has 2 rings (SSSR count). The molecule has 0 saturated heterocycles. The summed E-state index contributed by atoms with van der Waals surface area (Å²) < 4.78 is 12.7. The average molecular weight is 483 g/mol. The molecule has 2 nitrogen and oxygen atoms in total. The van der Waals surface area contributed by atoms with Crippen LogP contribution in [0.25, 0.3) is 0 Å². The molecule has 6 heteroatoms. The van der Waals surface area contributed by atoms with E-state index in [1.54, 1.807) is 24.3 Å². The molecule has 2 unspecified atom stereocenters. The number of ketones is 1. The van der Waals surface area contributed by atoms with Gasteiger partial charge in [0.1, 0.15) is 11.9 Å². The van der Waals surface area contributed by atoms with Crippen LogP contribution in [0.1, 0.15) is 20.7 Å². The number of hydrogen-bond donors (Lipinski definition) is 0. The van der Waals surface area contributed by atoms with E-state index in [-0.39, 0.29) is 10.6 Å². The third-order valence-electron chi connectivity index (χ3n) is 2.63. The minimum atomic E-state index is -0.469. The minimum absolute atomic E-state index is 0.0137. The van der Waals surface area contributed by atoms with Gasteiger partial charge in [0.05, 0.1) is 7.53 Å². The molecule has 0 heterocycles. The monoisotopic (exact) mass is 482 g/mol. The summed E-state index contributed by atoms with van der Waals surface area (Å²) in [5.74, 6) is 0.690. The van der Waals surface area contributed by atoms with Crippen LogP contribution in [0.3, 0.4) is 0 Å². The van der Waals surface area contributed by atoms with Crippen molar-refractivity contribution in [2.24, 2.45) is 0 Å². The zero-order valence-electron chi connectivity index (χ0n) is 11.2. The lowest BCUT2D eigenvalue weighted by molar-refractivity contribution is 0.0991. The molecule has 0 bridgehead atoms. The van der Waals surface area contributed by atoms with E-state index in [1.807, 2.05) is 30.3 Å². The van der Waals surface area contributed by atoms with Crippen LogP contribution in [-0.4, -0.2) is 7.06 Å². The lowest BCUT2D eigenvalue weighted by Gasteiger charge is -2.10. The Bertz CT molecular complexity index is 652. The Hall–Kier alpha value is -0.230. The number of halogens is 2. The fraction of sp³-hybridized carbons (Fsp3) is 0.0714. The van der Waals surface area contributed by atoms with Gasteiger partial charge in [-0.1, -0.05) is 46.3 Å². The molecule has 0 aromatic heterocycles. The van der Waals surface area contributed by atoms with Crippen LogP contribution in [0.4, 0.5) is 0 Å². The first-order valence-electron chi connectivity index (χ1n) is 6.14. The van der Waals surface area contributed by atoms with Gasteiger partial charge in [-0.2, -0.15) is 0 Å². The van der Waals surface area contributed by atoms with Gasteiger partial charge in [-0.25, -0.2) is 0 Å². The maximum Gasteiger partial charge on any atom is 0.180 e. The van der Waals surface area contributed by atoms with Gasteiger partial charge >= 0.3 is 0 Å². The molecule has 0 aliphatic heterocycles. The Morgan fingerprint density at radius 1 is 1.25 bits per heavy atom. The van der Waals surface area contributed by atoms with Gasteiger partial charge in [-0.15, -0.1) is 0 Å². The van der Waals surface area contributed by atoms with E-state index in [2.05, 4.69) is 37.1 Å². The summed E-state index contributed by atoms with van der Waals surface area (Å²) >= 11 is 5.53. The van der Waals surface area contributed by atoms with E-state index in [0.29, 0.717) is 19.3 Å². The summed E-state index contributed by atoms with van der Waals surface area (Å²) in [4.78, 5) is 12.1. The highest BCUT2D eigenvalue weighted by molar-refractivity contribution is 14.2. The maximum absolute atomic E-state index is 12.4. The normalized spacial score (nSPS) is 14.4. The lowest BCUT2D eigenvalue weighted by Crippen LogP contribution is -2.06. The third kappa shape index (κ3) is 4.38. The van der Waals surface area contributed by atoms with Crippen molar-refractivity contribution in [2.45, 2.75) is 4.83 Å². The van der Waals surface area contributed by atoms with Crippen LogP contribution in [0, 0.1) is 0 Å². The van der Waals surface area contributed by atoms with E-state index < -0.39 is 7.53 Å². The van der Waals surface area contributed by atoms with Crippen molar-refractivity contribution in [3.05, 3.63) is 65.7 Å². The molecule has 0 fully saturated rings. The van der Waals surface area contributed by atoms with E-state index in [1.165, 1.54) is 0 Å². The smallest absolute Gasteiger partial charge is 0.180 e. The molecule has 104 valence electrons. The predicted molar refractivity (Wildman–Crippen MR) is 99.2 cm³/mol. The number of alkyl halides is 1. The van der Waals surface area contributed by atoms with Crippen LogP contribution >= 0.6 is 45.1 Å². The van der Waals surface area contributed by atoms with Gasteiger partial charge in [-0.3, -0.25) is 4.79 Å². The second-order valence-electron chi connectivity index (χ2n) is 3.95. The molecule has 0 amide bonds. The Balaban J connectivity index is 2.13. The standard InChI is InChI=1S/C14H11BrIO2PS/c15-13(10-4-2-1-3-5-10)14(17)11-6-8-12(9-7-11)18-20(16)19/h1-9,13,19H/i19T. The van der Waals surface area contributed by atoms with Gasteiger partial charge in [0.15, 0.2) is 5.78 Å². The van der Waals surface area contributed by atoms with E-state index >= 15 is 0 Å².